The largest absolute Gasteiger partial charge is 0.493 e. The van der Waals surface area contributed by atoms with Crippen LogP contribution in [-0.4, -0.2) is 50.8 Å². The topological polar surface area (TPSA) is 142 Å². The normalized spacial score (nSPS) is 15.2. The Kier molecular flexibility index (Phi) is 10.3. The first kappa shape index (κ1) is 32.4. The molecule has 0 N–H and O–H groups in total. The van der Waals surface area contributed by atoms with Gasteiger partial charge in [0.15, 0.2) is 35.2 Å². The first-order chi connectivity index (χ1) is 21.4. The summed E-state index contributed by atoms with van der Waals surface area (Å²) in [5.74, 6) is -0.274. The Morgan fingerprint density at radius 1 is 0.667 bits per heavy atom. The van der Waals surface area contributed by atoms with Crippen LogP contribution in [0.25, 0.3) is 12.2 Å². The first-order valence-electron chi connectivity index (χ1n) is 13.7. The van der Waals surface area contributed by atoms with E-state index in [2.05, 4.69) is 0 Å². The van der Waals surface area contributed by atoms with Gasteiger partial charge in [0.25, 0.3) is 0 Å². The van der Waals surface area contributed by atoms with E-state index < -0.39 is 36.1 Å². The van der Waals surface area contributed by atoms with Crippen molar-refractivity contribution in [3.05, 3.63) is 65.2 Å². The minimum absolute atomic E-state index is 0.104. The van der Waals surface area contributed by atoms with E-state index in [4.69, 9.17) is 37.9 Å². The van der Waals surface area contributed by atoms with Gasteiger partial charge in [-0.1, -0.05) is 18.2 Å². The Bertz CT molecular complexity index is 1580. The number of benzene rings is 3. The summed E-state index contributed by atoms with van der Waals surface area (Å²) in [6.45, 7) is 4.99. The van der Waals surface area contributed by atoms with E-state index in [0.29, 0.717) is 22.6 Å². The molecule has 2 atom stereocenters. The minimum Gasteiger partial charge on any atom is -0.493 e. The second-order valence-corrected chi connectivity index (χ2v) is 9.81. The zero-order valence-electron chi connectivity index (χ0n) is 25.5. The molecule has 236 valence electrons. The lowest BCUT2D eigenvalue weighted by atomic mass is 10.0. The van der Waals surface area contributed by atoms with E-state index in [-0.39, 0.29) is 35.4 Å². The van der Waals surface area contributed by atoms with E-state index in [0.717, 1.165) is 5.56 Å². The summed E-state index contributed by atoms with van der Waals surface area (Å²) in [6.07, 6.45) is 1.99. The number of hydrogen-bond donors (Lipinski definition) is 0. The lowest BCUT2D eigenvalue weighted by Gasteiger charge is -2.34. The summed E-state index contributed by atoms with van der Waals surface area (Å²) < 4.78 is 44.5. The van der Waals surface area contributed by atoms with Crippen molar-refractivity contribution in [3.63, 3.8) is 0 Å². The number of rotatable bonds is 10. The molecular weight excluding hydrogens is 588 g/mol. The number of fused-ring (bicyclic) bond motifs is 1. The molecule has 3 aromatic carbocycles. The number of hydrogen-bond acceptors (Lipinski definition) is 12. The van der Waals surface area contributed by atoms with Crippen LogP contribution in [-0.2, 0) is 23.9 Å². The molecule has 1 aliphatic rings. The molecule has 3 aromatic rings. The summed E-state index contributed by atoms with van der Waals surface area (Å²) in [5, 5.41) is 0. The van der Waals surface area contributed by atoms with Gasteiger partial charge in [0.2, 0.25) is 5.75 Å². The monoisotopic (exact) mass is 620 g/mol. The number of ether oxygens (including phenoxy) is 8. The third kappa shape index (κ3) is 8.53. The van der Waals surface area contributed by atoms with E-state index in [1.165, 1.54) is 48.0 Å². The van der Waals surface area contributed by atoms with Gasteiger partial charge in [0.1, 0.15) is 18.1 Å². The molecule has 0 aliphatic carbocycles. The fourth-order valence-electron chi connectivity index (χ4n) is 4.50. The fraction of sp³-hybridized carbons (Fsp3) is 0.273. The molecule has 1 aliphatic heterocycles. The Labute approximate surface area is 259 Å². The maximum absolute atomic E-state index is 11.7. The smallest absolute Gasteiger partial charge is 0.308 e. The molecule has 0 fully saturated rings. The average Bonchev–Trinajstić information content (AvgIpc) is 2.97. The van der Waals surface area contributed by atoms with Crippen molar-refractivity contribution >= 4 is 36.0 Å². The first-order valence-corrected chi connectivity index (χ1v) is 13.7. The van der Waals surface area contributed by atoms with Crippen molar-refractivity contribution < 1.29 is 57.1 Å². The molecule has 0 aromatic heterocycles. The van der Waals surface area contributed by atoms with Crippen molar-refractivity contribution in [2.75, 3.05) is 20.8 Å². The predicted molar refractivity (Wildman–Crippen MR) is 160 cm³/mol. The summed E-state index contributed by atoms with van der Waals surface area (Å²) >= 11 is 0. The highest BCUT2D eigenvalue weighted by atomic mass is 16.6. The van der Waals surface area contributed by atoms with Crippen molar-refractivity contribution in [1.29, 1.82) is 0 Å². The Morgan fingerprint density at radius 3 is 1.78 bits per heavy atom. The number of carbonyl (C=O) groups excluding carboxylic acids is 4. The van der Waals surface area contributed by atoms with Crippen molar-refractivity contribution in [1.82, 2.24) is 0 Å². The van der Waals surface area contributed by atoms with Crippen LogP contribution in [0.1, 0.15) is 50.5 Å². The highest BCUT2D eigenvalue weighted by Gasteiger charge is 2.35. The Morgan fingerprint density at radius 2 is 1.24 bits per heavy atom. The van der Waals surface area contributed by atoms with Gasteiger partial charge in [0, 0.05) is 39.3 Å². The van der Waals surface area contributed by atoms with Crippen LogP contribution in [0.2, 0.25) is 0 Å². The molecule has 0 amide bonds. The molecule has 0 radical (unpaired) electrons. The van der Waals surface area contributed by atoms with Gasteiger partial charge < -0.3 is 37.9 Å². The lowest BCUT2D eigenvalue weighted by Crippen LogP contribution is -2.37. The summed E-state index contributed by atoms with van der Waals surface area (Å²) in [4.78, 5) is 46.3. The molecule has 12 heteroatoms. The predicted octanol–water partition coefficient (Wildman–Crippen LogP) is 5.09. The SMILES string of the molecule is COc1cc([C@@H]2Oc3cc(/C=C/c4cc(OC(C)=O)cc(OC(C)=O)c4)ccc3O[C@H]2COC(C)=O)cc(OC)c1OC(C)=O. The molecular formula is C33H32O12. The minimum atomic E-state index is -0.794. The number of methoxy groups -OCH3 is 2. The Hall–Kier alpha value is -5.52. The van der Waals surface area contributed by atoms with Crippen LogP contribution in [0.4, 0.5) is 0 Å². The van der Waals surface area contributed by atoms with Gasteiger partial charge in [-0.05, 0) is 47.5 Å². The standard InChI is InChI=1S/C33H32O12/c1-18(34)40-17-31-32(24-14-29(38-5)33(43-21(4)37)30(15-24)39-6)45-28-13-22(9-10-27(28)44-31)7-8-23-11-25(41-19(2)35)16-26(12-23)42-20(3)36/h7-16,31-32H,17H2,1-6H3/b8-7+/t31-,32-/m0/s1. The second kappa shape index (κ2) is 14.3. The maximum atomic E-state index is 11.7. The summed E-state index contributed by atoms with van der Waals surface area (Å²) in [6, 6.07) is 13.2. The lowest BCUT2D eigenvalue weighted by molar-refractivity contribution is -0.146. The van der Waals surface area contributed by atoms with Gasteiger partial charge in [0.05, 0.1) is 14.2 Å². The molecule has 1 heterocycles. The van der Waals surface area contributed by atoms with Crippen molar-refractivity contribution in [3.8, 4) is 40.2 Å². The van der Waals surface area contributed by atoms with Gasteiger partial charge in [-0.3, -0.25) is 19.2 Å². The molecule has 0 saturated carbocycles. The van der Waals surface area contributed by atoms with Gasteiger partial charge in [-0.25, -0.2) is 0 Å². The van der Waals surface area contributed by atoms with E-state index >= 15 is 0 Å². The zero-order chi connectivity index (χ0) is 32.7. The van der Waals surface area contributed by atoms with Crippen molar-refractivity contribution in [2.24, 2.45) is 0 Å². The second-order valence-electron chi connectivity index (χ2n) is 9.81. The number of carbonyl (C=O) groups is 4. The van der Waals surface area contributed by atoms with Crippen LogP contribution in [0, 0.1) is 0 Å². The van der Waals surface area contributed by atoms with Crippen LogP contribution in [0.15, 0.2) is 48.5 Å². The molecule has 45 heavy (non-hydrogen) atoms. The van der Waals surface area contributed by atoms with Crippen LogP contribution in [0.5, 0.6) is 40.2 Å². The van der Waals surface area contributed by atoms with Crippen LogP contribution >= 0.6 is 0 Å². The van der Waals surface area contributed by atoms with E-state index in [1.807, 2.05) is 0 Å². The molecule has 0 spiro atoms. The van der Waals surface area contributed by atoms with Gasteiger partial charge in [-0.15, -0.1) is 0 Å². The molecule has 0 bridgehead atoms. The summed E-state index contributed by atoms with van der Waals surface area (Å²) in [5.41, 5.74) is 1.87. The van der Waals surface area contributed by atoms with E-state index in [9.17, 15) is 19.2 Å². The fourth-order valence-corrected chi connectivity index (χ4v) is 4.50. The molecule has 0 unspecified atom stereocenters. The molecule has 12 nitrogen and oxygen atoms in total. The van der Waals surface area contributed by atoms with E-state index in [1.54, 1.807) is 54.6 Å². The zero-order valence-corrected chi connectivity index (χ0v) is 25.5. The molecule has 0 saturated heterocycles. The quantitative estimate of drug-likeness (QED) is 0.169. The average molecular weight is 621 g/mol. The summed E-state index contributed by atoms with van der Waals surface area (Å²) in [7, 11) is 2.84. The Balaban J connectivity index is 1.69. The third-order valence-corrected chi connectivity index (χ3v) is 6.24. The molecule has 4 rings (SSSR count). The third-order valence-electron chi connectivity index (χ3n) is 6.24. The maximum Gasteiger partial charge on any atom is 0.308 e. The number of esters is 4. The highest BCUT2D eigenvalue weighted by Crippen LogP contribution is 2.45. The van der Waals surface area contributed by atoms with Gasteiger partial charge >= 0.3 is 23.9 Å². The van der Waals surface area contributed by atoms with Gasteiger partial charge in [-0.2, -0.15) is 0 Å². The van der Waals surface area contributed by atoms with Crippen LogP contribution < -0.4 is 33.2 Å². The van der Waals surface area contributed by atoms with Crippen LogP contribution in [0.3, 0.4) is 0 Å². The highest BCUT2D eigenvalue weighted by molar-refractivity contribution is 5.76. The van der Waals surface area contributed by atoms with Crippen molar-refractivity contribution in [2.45, 2.75) is 39.9 Å².